The molecule has 1 heterocycles. The van der Waals surface area contributed by atoms with Crippen LogP contribution in [0.1, 0.15) is 36.4 Å². The summed E-state index contributed by atoms with van der Waals surface area (Å²) < 4.78 is 0. The fourth-order valence-corrected chi connectivity index (χ4v) is 4.88. The number of hydrogen-bond acceptors (Lipinski definition) is 2. The summed E-state index contributed by atoms with van der Waals surface area (Å²) in [5.74, 6) is 0.335. The third-order valence-electron chi connectivity index (χ3n) is 6.02. The van der Waals surface area contributed by atoms with Crippen LogP contribution >= 0.6 is 12.2 Å². The molecule has 31 heavy (non-hydrogen) atoms. The second-order valence-corrected chi connectivity index (χ2v) is 8.45. The number of hydrogen-bond donors (Lipinski definition) is 1. The first-order valence-corrected chi connectivity index (χ1v) is 11.2. The first kappa shape index (κ1) is 19.7. The van der Waals surface area contributed by atoms with Gasteiger partial charge in [-0.2, -0.15) is 5.10 Å². The van der Waals surface area contributed by atoms with E-state index in [-0.39, 0.29) is 6.04 Å². The zero-order chi connectivity index (χ0) is 21.0. The standard InChI is InChI=1S/C27H25N3S/c31-27(28-23-16-8-3-9-17-23)30-26(21-13-6-2-7-14-21)24-18-10-15-22(25(24)29-30)19-20-11-4-1-5-12-20/h1-9,11-14,16-17,19,24,26H,10,15,18H2,(H,28,31)/b22-19+/t24-,26-/m0/s1. The number of nitrogens with one attached hydrogen (secondary N) is 1. The highest BCUT2D eigenvalue weighted by Crippen LogP contribution is 2.44. The zero-order valence-electron chi connectivity index (χ0n) is 17.3. The number of nitrogens with zero attached hydrogens (tertiary/aromatic N) is 2. The van der Waals surface area contributed by atoms with Gasteiger partial charge in [0.2, 0.25) is 0 Å². The molecular formula is C27H25N3S. The van der Waals surface area contributed by atoms with E-state index in [9.17, 15) is 0 Å². The zero-order valence-corrected chi connectivity index (χ0v) is 18.1. The maximum absolute atomic E-state index is 5.85. The van der Waals surface area contributed by atoms with Crippen LogP contribution in [-0.2, 0) is 0 Å². The highest BCUT2D eigenvalue weighted by molar-refractivity contribution is 7.80. The number of thiocarbonyl (C=S) groups is 1. The molecule has 154 valence electrons. The van der Waals surface area contributed by atoms with Crippen molar-refractivity contribution >= 4 is 34.8 Å². The van der Waals surface area contributed by atoms with Crippen LogP contribution in [0.3, 0.4) is 0 Å². The van der Waals surface area contributed by atoms with Crippen molar-refractivity contribution in [1.29, 1.82) is 0 Å². The second-order valence-electron chi connectivity index (χ2n) is 8.06. The lowest BCUT2D eigenvalue weighted by atomic mass is 9.77. The van der Waals surface area contributed by atoms with Crippen LogP contribution < -0.4 is 5.32 Å². The molecule has 0 bridgehead atoms. The molecular weight excluding hydrogens is 398 g/mol. The van der Waals surface area contributed by atoms with Gasteiger partial charge in [-0.1, -0.05) is 78.9 Å². The van der Waals surface area contributed by atoms with Gasteiger partial charge < -0.3 is 5.32 Å². The van der Waals surface area contributed by atoms with E-state index in [1.807, 2.05) is 35.3 Å². The van der Waals surface area contributed by atoms with Crippen LogP contribution in [0.25, 0.3) is 6.08 Å². The van der Waals surface area contributed by atoms with Crippen LogP contribution in [0, 0.1) is 5.92 Å². The average Bonchev–Trinajstić information content (AvgIpc) is 3.22. The Bertz CT molecular complexity index is 1110. The van der Waals surface area contributed by atoms with Gasteiger partial charge in [0.25, 0.3) is 0 Å². The smallest absolute Gasteiger partial charge is 0.194 e. The van der Waals surface area contributed by atoms with Gasteiger partial charge >= 0.3 is 0 Å². The highest BCUT2D eigenvalue weighted by Gasteiger charge is 2.42. The Labute approximate surface area is 189 Å². The number of allylic oxidation sites excluding steroid dienone is 1. The van der Waals surface area contributed by atoms with Gasteiger partial charge in [-0.3, -0.25) is 0 Å². The van der Waals surface area contributed by atoms with E-state index in [0.29, 0.717) is 11.0 Å². The second kappa shape index (κ2) is 8.86. The molecule has 5 rings (SSSR count). The highest BCUT2D eigenvalue weighted by atomic mass is 32.1. The lowest BCUT2D eigenvalue weighted by molar-refractivity contribution is 0.307. The maximum atomic E-state index is 5.85. The van der Waals surface area contributed by atoms with Gasteiger partial charge in [-0.05, 0) is 66.4 Å². The molecule has 1 fully saturated rings. The Morgan fingerprint density at radius 3 is 2.26 bits per heavy atom. The van der Waals surface area contributed by atoms with Crippen molar-refractivity contribution in [2.45, 2.75) is 25.3 Å². The van der Waals surface area contributed by atoms with E-state index in [4.69, 9.17) is 17.3 Å². The summed E-state index contributed by atoms with van der Waals surface area (Å²) >= 11 is 5.85. The van der Waals surface area contributed by atoms with E-state index in [2.05, 4.69) is 72.1 Å². The molecule has 3 aromatic rings. The fourth-order valence-electron chi connectivity index (χ4n) is 4.60. The quantitative estimate of drug-likeness (QED) is 0.476. The van der Waals surface area contributed by atoms with Crippen LogP contribution in [0.15, 0.2) is 102 Å². The van der Waals surface area contributed by atoms with E-state index in [1.54, 1.807) is 0 Å². The largest absolute Gasteiger partial charge is 0.331 e. The molecule has 3 nitrogen and oxygen atoms in total. The number of anilines is 1. The minimum Gasteiger partial charge on any atom is -0.331 e. The summed E-state index contributed by atoms with van der Waals surface area (Å²) in [7, 11) is 0. The van der Waals surface area contributed by atoms with E-state index in [1.165, 1.54) is 28.8 Å². The first-order chi connectivity index (χ1) is 15.3. The first-order valence-electron chi connectivity index (χ1n) is 10.8. The minimum atomic E-state index is 0.111. The number of rotatable bonds is 3. The van der Waals surface area contributed by atoms with Gasteiger partial charge in [-0.25, -0.2) is 5.01 Å². The molecule has 1 aliphatic carbocycles. The third kappa shape index (κ3) is 4.17. The Balaban J connectivity index is 1.52. The molecule has 2 atom stereocenters. The normalized spacial score (nSPS) is 21.5. The van der Waals surface area contributed by atoms with Gasteiger partial charge in [-0.15, -0.1) is 0 Å². The van der Waals surface area contributed by atoms with Crippen molar-refractivity contribution in [2.75, 3.05) is 5.32 Å². The van der Waals surface area contributed by atoms with E-state index < -0.39 is 0 Å². The topological polar surface area (TPSA) is 27.6 Å². The molecule has 0 amide bonds. The SMILES string of the molecule is S=C(Nc1ccccc1)N1N=C2/C(=C/c3ccccc3)CCC[C@@H]2[C@@H]1c1ccccc1. The van der Waals surface area contributed by atoms with Crippen molar-refractivity contribution in [1.82, 2.24) is 5.01 Å². The minimum absolute atomic E-state index is 0.111. The van der Waals surface area contributed by atoms with Crippen molar-refractivity contribution in [3.05, 3.63) is 108 Å². The summed E-state index contributed by atoms with van der Waals surface area (Å²) in [5.41, 5.74) is 5.97. The molecule has 1 saturated carbocycles. The predicted molar refractivity (Wildman–Crippen MR) is 133 cm³/mol. The lowest BCUT2D eigenvalue weighted by Gasteiger charge is -2.30. The Hall–Kier alpha value is -3.24. The Kier molecular flexibility index (Phi) is 5.63. The summed E-state index contributed by atoms with van der Waals surface area (Å²) in [6.45, 7) is 0. The van der Waals surface area contributed by atoms with Gasteiger partial charge in [0, 0.05) is 11.6 Å². The van der Waals surface area contributed by atoms with E-state index >= 15 is 0 Å². The molecule has 0 spiro atoms. The molecule has 1 aliphatic heterocycles. The maximum Gasteiger partial charge on any atom is 0.194 e. The molecule has 0 unspecified atom stereocenters. The predicted octanol–water partition coefficient (Wildman–Crippen LogP) is 6.68. The molecule has 0 radical (unpaired) electrons. The molecule has 3 aromatic carbocycles. The molecule has 0 saturated heterocycles. The number of hydrazone groups is 1. The van der Waals surface area contributed by atoms with Gasteiger partial charge in [0.05, 0.1) is 11.8 Å². The molecule has 4 heteroatoms. The van der Waals surface area contributed by atoms with Crippen molar-refractivity contribution in [3.63, 3.8) is 0 Å². The van der Waals surface area contributed by atoms with Crippen molar-refractivity contribution in [3.8, 4) is 0 Å². The molecule has 1 N–H and O–H groups in total. The van der Waals surface area contributed by atoms with Gasteiger partial charge in [0.1, 0.15) is 0 Å². The number of para-hydroxylation sites is 1. The van der Waals surface area contributed by atoms with Crippen LogP contribution in [-0.4, -0.2) is 15.8 Å². The van der Waals surface area contributed by atoms with Crippen molar-refractivity contribution < 1.29 is 0 Å². The van der Waals surface area contributed by atoms with Crippen LogP contribution in [0.4, 0.5) is 5.69 Å². The van der Waals surface area contributed by atoms with Crippen molar-refractivity contribution in [2.24, 2.45) is 11.0 Å². The summed E-state index contributed by atoms with van der Waals surface area (Å²) in [6.07, 6.45) is 5.63. The number of benzene rings is 3. The Morgan fingerprint density at radius 2 is 1.55 bits per heavy atom. The van der Waals surface area contributed by atoms with E-state index in [0.717, 1.165) is 18.5 Å². The van der Waals surface area contributed by atoms with Crippen LogP contribution in [0.2, 0.25) is 0 Å². The lowest BCUT2D eigenvalue weighted by Crippen LogP contribution is -2.34. The summed E-state index contributed by atoms with van der Waals surface area (Å²) in [4.78, 5) is 0. The third-order valence-corrected chi connectivity index (χ3v) is 6.31. The number of fused-ring (bicyclic) bond motifs is 1. The fraction of sp³-hybridized carbons (Fsp3) is 0.185. The average molecular weight is 424 g/mol. The molecule has 2 aliphatic rings. The van der Waals surface area contributed by atoms with Crippen LogP contribution in [0.5, 0.6) is 0 Å². The van der Waals surface area contributed by atoms with Gasteiger partial charge in [0.15, 0.2) is 5.11 Å². The Morgan fingerprint density at radius 1 is 0.903 bits per heavy atom. The molecule has 0 aromatic heterocycles. The summed E-state index contributed by atoms with van der Waals surface area (Å²) in [5, 5.41) is 11.2. The monoisotopic (exact) mass is 423 g/mol. The summed E-state index contributed by atoms with van der Waals surface area (Å²) in [6, 6.07) is 31.4.